The Morgan fingerprint density at radius 1 is 1.15 bits per heavy atom. The number of halogens is 2. The van der Waals surface area contributed by atoms with Crippen LogP contribution in [0.3, 0.4) is 0 Å². The SMILES string of the molecule is CCC(CC)(CN)C(=O)NCC(C)(C)N1CCc2ccccc2C1.Cl.Cl. The van der Waals surface area contributed by atoms with Crippen LogP contribution in [0.25, 0.3) is 0 Å². The van der Waals surface area contributed by atoms with Gasteiger partial charge in [-0.15, -0.1) is 24.8 Å². The van der Waals surface area contributed by atoms with E-state index in [9.17, 15) is 4.79 Å². The van der Waals surface area contributed by atoms with Gasteiger partial charge >= 0.3 is 0 Å². The summed E-state index contributed by atoms with van der Waals surface area (Å²) in [7, 11) is 0. The molecule has 0 spiro atoms. The van der Waals surface area contributed by atoms with Crippen LogP contribution in [0.15, 0.2) is 24.3 Å². The highest BCUT2D eigenvalue weighted by atomic mass is 35.5. The number of fused-ring (bicyclic) bond motifs is 1. The van der Waals surface area contributed by atoms with Crippen LogP contribution in [0.2, 0.25) is 0 Å². The molecule has 3 N–H and O–H groups in total. The molecule has 2 rings (SSSR count). The summed E-state index contributed by atoms with van der Waals surface area (Å²) in [5.41, 5.74) is 8.25. The molecule has 0 aliphatic carbocycles. The number of carbonyl (C=O) groups is 1. The van der Waals surface area contributed by atoms with Crippen LogP contribution >= 0.6 is 24.8 Å². The number of hydrogen-bond donors (Lipinski definition) is 2. The van der Waals surface area contributed by atoms with Crippen molar-refractivity contribution in [3.8, 4) is 0 Å². The summed E-state index contributed by atoms with van der Waals surface area (Å²) in [5.74, 6) is 0.0977. The Morgan fingerprint density at radius 2 is 1.73 bits per heavy atom. The quantitative estimate of drug-likeness (QED) is 0.731. The monoisotopic (exact) mass is 403 g/mol. The van der Waals surface area contributed by atoms with Gasteiger partial charge in [0.2, 0.25) is 5.91 Å². The minimum atomic E-state index is -0.426. The van der Waals surface area contributed by atoms with Crippen molar-refractivity contribution in [1.82, 2.24) is 10.2 Å². The molecule has 26 heavy (non-hydrogen) atoms. The Labute approximate surface area is 171 Å². The van der Waals surface area contributed by atoms with E-state index in [1.807, 2.05) is 13.8 Å². The molecule has 0 saturated carbocycles. The van der Waals surface area contributed by atoms with Crippen LogP contribution in [0, 0.1) is 5.41 Å². The predicted molar refractivity (Wildman–Crippen MR) is 114 cm³/mol. The number of rotatable bonds is 7. The Hall–Kier alpha value is -0.810. The summed E-state index contributed by atoms with van der Waals surface area (Å²) < 4.78 is 0. The first kappa shape index (κ1) is 25.2. The van der Waals surface area contributed by atoms with Crippen molar-refractivity contribution in [1.29, 1.82) is 0 Å². The van der Waals surface area contributed by atoms with Crippen molar-refractivity contribution >= 4 is 30.7 Å². The van der Waals surface area contributed by atoms with Gasteiger partial charge in [-0.1, -0.05) is 38.1 Å². The van der Waals surface area contributed by atoms with Gasteiger partial charge in [-0.3, -0.25) is 9.69 Å². The molecule has 0 aromatic heterocycles. The molecule has 4 nitrogen and oxygen atoms in total. The number of carbonyl (C=O) groups excluding carboxylic acids is 1. The first-order valence-corrected chi connectivity index (χ1v) is 9.18. The molecule has 1 aromatic rings. The number of nitrogens with zero attached hydrogens (tertiary/aromatic N) is 1. The molecule has 1 aliphatic rings. The Morgan fingerprint density at radius 3 is 2.27 bits per heavy atom. The number of hydrogen-bond acceptors (Lipinski definition) is 3. The fraction of sp³-hybridized carbons (Fsp3) is 0.650. The average Bonchev–Trinajstić information content (AvgIpc) is 2.61. The standard InChI is InChI=1S/C20H33N3O.2ClH/c1-5-20(6-2,14-21)18(24)22-15-19(3,4)23-12-11-16-9-7-8-10-17(16)13-23;;/h7-10H,5-6,11-15,21H2,1-4H3,(H,22,24);2*1H. The lowest BCUT2D eigenvalue weighted by molar-refractivity contribution is -0.131. The van der Waals surface area contributed by atoms with E-state index in [4.69, 9.17) is 5.73 Å². The summed E-state index contributed by atoms with van der Waals surface area (Å²) >= 11 is 0. The number of benzene rings is 1. The normalized spacial score (nSPS) is 14.7. The summed E-state index contributed by atoms with van der Waals surface area (Å²) in [6, 6.07) is 8.65. The number of nitrogens with one attached hydrogen (secondary N) is 1. The highest BCUT2D eigenvalue weighted by molar-refractivity contribution is 5.85. The zero-order valence-corrected chi connectivity index (χ0v) is 18.1. The highest BCUT2D eigenvalue weighted by Crippen LogP contribution is 2.27. The van der Waals surface area contributed by atoms with E-state index in [2.05, 4.69) is 48.3 Å². The molecular weight excluding hydrogens is 369 g/mol. The second kappa shape index (κ2) is 10.5. The fourth-order valence-corrected chi connectivity index (χ4v) is 3.56. The Kier molecular flexibility index (Phi) is 10.2. The number of nitrogens with two attached hydrogens (primary N) is 1. The van der Waals surface area contributed by atoms with E-state index >= 15 is 0 Å². The topological polar surface area (TPSA) is 58.4 Å². The van der Waals surface area contributed by atoms with Crippen molar-refractivity contribution in [2.45, 2.75) is 59.0 Å². The molecule has 0 atom stereocenters. The molecule has 1 aliphatic heterocycles. The second-order valence-electron chi connectivity index (χ2n) is 7.63. The molecule has 1 heterocycles. The minimum Gasteiger partial charge on any atom is -0.354 e. The molecule has 0 fully saturated rings. The summed E-state index contributed by atoms with van der Waals surface area (Å²) in [4.78, 5) is 15.1. The van der Waals surface area contributed by atoms with E-state index in [1.165, 1.54) is 11.1 Å². The molecule has 0 bridgehead atoms. The lowest BCUT2D eigenvalue weighted by Crippen LogP contribution is -2.55. The maximum atomic E-state index is 12.7. The van der Waals surface area contributed by atoms with Gasteiger partial charge in [-0.05, 0) is 44.2 Å². The van der Waals surface area contributed by atoms with E-state index < -0.39 is 5.41 Å². The summed E-state index contributed by atoms with van der Waals surface area (Å²) in [5, 5.41) is 3.18. The van der Waals surface area contributed by atoms with Gasteiger partial charge in [-0.25, -0.2) is 0 Å². The molecular formula is C20H35Cl2N3O. The van der Waals surface area contributed by atoms with Gasteiger partial charge in [-0.2, -0.15) is 0 Å². The molecule has 1 aromatic carbocycles. The van der Waals surface area contributed by atoms with Crippen molar-refractivity contribution < 1.29 is 4.79 Å². The van der Waals surface area contributed by atoms with E-state index in [-0.39, 0.29) is 36.3 Å². The van der Waals surface area contributed by atoms with Crippen LogP contribution in [-0.4, -0.2) is 36.0 Å². The van der Waals surface area contributed by atoms with Gasteiger partial charge in [0.1, 0.15) is 0 Å². The molecule has 0 unspecified atom stereocenters. The van der Waals surface area contributed by atoms with Crippen LogP contribution in [0.4, 0.5) is 0 Å². The third-order valence-electron chi connectivity index (χ3n) is 5.89. The van der Waals surface area contributed by atoms with Crippen LogP contribution in [-0.2, 0) is 17.8 Å². The van der Waals surface area contributed by atoms with E-state index in [0.717, 1.165) is 32.4 Å². The van der Waals surface area contributed by atoms with Crippen LogP contribution < -0.4 is 11.1 Å². The van der Waals surface area contributed by atoms with Gasteiger partial charge in [0, 0.05) is 31.7 Å². The molecule has 150 valence electrons. The van der Waals surface area contributed by atoms with Crippen LogP contribution in [0.5, 0.6) is 0 Å². The van der Waals surface area contributed by atoms with Gasteiger partial charge in [0.15, 0.2) is 0 Å². The molecule has 0 radical (unpaired) electrons. The lowest BCUT2D eigenvalue weighted by Gasteiger charge is -2.42. The Bertz CT molecular complexity index is 566. The van der Waals surface area contributed by atoms with Gasteiger partial charge in [0.05, 0.1) is 5.41 Å². The molecule has 0 saturated heterocycles. The highest BCUT2D eigenvalue weighted by Gasteiger charge is 2.36. The summed E-state index contributed by atoms with van der Waals surface area (Å²) in [6.45, 7) is 11.5. The zero-order chi connectivity index (χ0) is 17.8. The maximum Gasteiger partial charge on any atom is 0.227 e. The third-order valence-corrected chi connectivity index (χ3v) is 5.89. The minimum absolute atomic E-state index is 0. The van der Waals surface area contributed by atoms with Crippen molar-refractivity contribution in [2.24, 2.45) is 11.1 Å². The maximum absolute atomic E-state index is 12.7. The lowest BCUT2D eigenvalue weighted by atomic mass is 9.81. The second-order valence-corrected chi connectivity index (χ2v) is 7.63. The third kappa shape index (κ3) is 5.35. The molecule has 1 amide bonds. The van der Waals surface area contributed by atoms with Crippen molar-refractivity contribution in [2.75, 3.05) is 19.6 Å². The van der Waals surface area contributed by atoms with Gasteiger partial charge in [0.25, 0.3) is 0 Å². The van der Waals surface area contributed by atoms with E-state index in [0.29, 0.717) is 13.1 Å². The predicted octanol–water partition coefficient (Wildman–Crippen LogP) is 3.55. The van der Waals surface area contributed by atoms with E-state index in [1.54, 1.807) is 0 Å². The largest absolute Gasteiger partial charge is 0.354 e. The smallest absolute Gasteiger partial charge is 0.227 e. The Balaban J connectivity index is 0.00000312. The molecule has 6 heteroatoms. The van der Waals surface area contributed by atoms with Crippen molar-refractivity contribution in [3.63, 3.8) is 0 Å². The fourth-order valence-electron chi connectivity index (χ4n) is 3.56. The van der Waals surface area contributed by atoms with Crippen molar-refractivity contribution in [3.05, 3.63) is 35.4 Å². The number of amides is 1. The van der Waals surface area contributed by atoms with Gasteiger partial charge < -0.3 is 11.1 Å². The first-order valence-electron chi connectivity index (χ1n) is 9.18. The zero-order valence-electron chi connectivity index (χ0n) is 16.5. The summed E-state index contributed by atoms with van der Waals surface area (Å²) in [6.07, 6.45) is 2.64. The first-order chi connectivity index (χ1) is 11.4. The van der Waals surface area contributed by atoms with Crippen LogP contribution in [0.1, 0.15) is 51.7 Å². The average molecular weight is 404 g/mol.